The fourth-order valence-electron chi connectivity index (χ4n) is 1.71. The van der Waals surface area contributed by atoms with E-state index in [0.29, 0.717) is 0 Å². The van der Waals surface area contributed by atoms with Gasteiger partial charge in [0.2, 0.25) is 0 Å². The van der Waals surface area contributed by atoms with Crippen LogP contribution in [0.2, 0.25) is 0 Å². The van der Waals surface area contributed by atoms with E-state index in [0.717, 1.165) is 24.7 Å². The summed E-state index contributed by atoms with van der Waals surface area (Å²) in [7, 11) is 0. The second-order valence-electron chi connectivity index (χ2n) is 4.30. The summed E-state index contributed by atoms with van der Waals surface area (Å²) < 4.78 is 2.09. The van der Waals surface area contributed by atoms with E-state index in [-0.39, 0.29) is 12.5 Å². The molecule has 1 aromatic carbocycles. The van der Waals surface area contributed by atoms with Gasteiger partial charge in [0.15, 0.2) is 5.13 Å². The van der Waals surface area contributed by atoms with E-state index in [2.05, 4.69) is 36.8 Å². The van der Waals surface area contributed by atoms with Crippen LogP contribution in [0.15, 0.2) is 45.3 Å². The van der Waals surface area contributed by atoms with Gasteiger partial charge in [-0.05, 0) is 34.1 Å². The largest absolute Gasteiger partial charge is 0.352 e. The number of hydrogen-bond acceptors (Lipinski definition) is 6. The first-order valence-corrected chi connectivity index (χ1v) is 8.85. The minimum absolute atomic E-state index is 0.130. The number of carbonyl (C=O) groups excluding carboxylic acids is 1. The standard InChI is InChI=1S/C14H11BrN4OS2/c15-9-5-10(21-8-9)6-17-19-13(20)7-16-14-18-11-3-1-2-4-12(11)22-14/h1-6,8H,7H2,(H,16,18)(H,19,20)/b17-6-. The van der Waals surface area contributed by atoms with E-state index in [1.54, 1.807) is 17.6 Å². The quantitative estimate of drug-likeness (QED) is 0.512. The van der Waals surface area contributed by atoms with E-state index in [9.17, 15) is 4.79 Å². The lowest BCUT2D eigenvalue weighted by Crippen LogP contribution is -2.25. The molecule has 0 bridgehead atoms. The molecular weight excluding hydrogens is 384 g/mol. The first kappa shape index (κ1) is 15.1. The molecule has 2 N–H and O–H groups in total. The third kappa shape index (κ3) is 3.90. The second-order valence-corrected chi connectivity index (χ2v) is 7.19. The number of aromatic nitrogens is 1. The van der Waals surface area contributed by atoms with Crippen molar-refractivity contribution in [2.45, 2.75) is 0 Å². The second kappa shape index (κ2) is 6.99. The summed E-state index contributed by atoms with van der Waals surface area (Å²) in [4.78, 5) is 17.1. The van der Waals surface area contributed by atoms with E-state index < -0.39 is 0 Å². The zero-order valence-electron chi connectivity index (χ0n) is 11.2. The monoisotopic (exact) mass is 394 g/mol. The highest BCUT2D eigenvalue weighted by Gasteiger charge is 2.04. The molecule has 112 valence electrons. The van der Waals surface area contributed by atoms with Crippen LogP contribution in [0.1, 0.15) is 4.88 Å². The molecule has 3 rings (SSSR count). The molecule has 0 unspecified atom stereocenters. The molecule has 22 heavy (non-hydrogen) atoms. The Morgan fingerprint density at radius 3 is 3.05 bits per heavy atom. The van der Waals surface area contributed by atoms with Crippen molar-refractivity contribution in [3.63, 3.8) is 0 Å². The number of fused-ring (bicyclic) bond motifs is 1. The maximum Gasteiger partial charge on any atom is 0.259 e. The van der Waals surface area contributed by atoms with Crippen LogP contribution in [0.3, 0.4) is 0 Å². The molecule has 2 aromatic heterocycles. The normalized spacial score (nSPS) is 11.1. The molecule has 0 saturated heterocycles. The molecule has 5 nitrogen and oxygen atoms in total. The minimum Gasteiger partial charge on any atom is -0.352 e. The van der Waals surface area contributed by atoms with Crippen molar-refractivity contribution < 1.29 is 4.79 Å². The van der Waals surface area contributed by atoms with Crippen LogP contribution < -0.4 is 10.7 Å². The molecular formula is C14H11BrN4OS2. The highest BCUT2D eigenvalue weighted by atomic mass is 79.9. The molecule has 1 amide bonds. The average Bonchev–Trinajstić information content (AvgIpc) is 3.11. The van der Waals surface area contributed by atoms with Crippen LogP contribution in [0, 0.1) is 0 Å². The van der Waals surface area contributed by atoms with Crippen LogP contribution >= 0.6 is 38.6 Å². The first-order chi connectivity index (χ1) is 10.7. The van der Waals surface area contributed by atoms with Gasteiger partial charge < -0.3 is 5.32 Å². The number of anilines is 1. The number of amides is 1. The number of thiazole rings is 1. The molecule has 2 heterocycles. The Bertz CT molecular complexity index is 794. The van der Waals surface area contributed by atoms with E-state index in [1.165, 1.54) is 11.3 Å². The summed E-state index contributed by atoms with van der Waals surface area (Å²) in [6.45, 7) is 0.130. The van der Waals surface area contributed by atoms with Gasteiger partial charge in [-0.2, -0.15) is 5.10 Å². The van der Waals surface area contributed by atoms with Crippen molar-refractivity contribution in [3.8, 4) is 0 Å². The number of rotatable bonds is 5. The van der Waals surface area contributed by atoms with Crippen LogP contribution in [0.4, 0.5) is 5.13 Å². The Balaban J connectivity index is 1.50. The van der Waals surface area contributed by atoms with Gasteiger partial charge in [-0.3, -0.25) is 4.79 Å². The maximum atomic E-state index is 11.7. The molecule has 0 aliphatic heterocycles. The Hall–Kier alpha value is -1.77. The molecule has 0 saturated carbocycles. The van der Waals surface area contributed by atoms with Gasteiger partial charge in [-0.25, -0.2) is 10.4 Å². The average molecular weight is 395 g/mol. The summed E-state index contributed by atoms with van der Waals surface area (Å²) >= 11 is 6.42. The van der Waals surface area contributed by atoms with Crippen LogP contribution in [0.25, 0.3) is 10.2 Å². The Morgan fingerprint density at radius 1 is 1.41 bits per heavy atom. The number of nitrogens with zero attached hydrogens (tertiary/aromatic N) is 2. The SMILES string of the molecule is O=C(CNc1nc2ccccc2s1)N/N=C\c1cc(Br)cs1. The Morgan fingerprint density at radius 2 is 2.27 bits per heavy atom. The van der Waals surface area contributed by atoms with Gasteiger partial charge in [0.05, 0.1) is 23.0 Å². The van der Waals surface area contributed by atoms with Crippen molar-refractivity contribution in [2.24, 2.45) is 5.10 Å². The van der Waals surface area contributed by atoms with Gasteiger partial charge in [-0.15, -0.1) is 11.3 Å². The number of halogens is 1. The van der Waals surface area contributed by atoms with Gasteiger partial charge in [-0.1, -0.05) is 23.5 Å². The van der Waals surface area contributed by atoms with Gasteiger partial charge in [0.25, 0.3) is 5.91 Å². The summed E-state index contributed by atoms with van der Waals surface area (Å²) in [5.41, 5.74) is 3.41. The zero-order chi connectivity index (χ0) is 15.4. The van der Waals surface area contributed by atoms with E-state index in [4.69, 9.17) is 0 Å². The number of para-hydroxylation sites is 1. The summed E-state index contributed by atoms with van der Waals surface area (Å²) in [5.74, 6) is -0.217. The highest BCUT2D eigenvalue weighted by molar-refractivity contribution is 9.10. The van der Waals surface area contributed by atoms with Crippen LogP contribution in [0.5, 0.6) is 0 Å². The molecule has 0 aliphatic rings. The molecule has 0 spiro atoms. The molecule has 8 heteroatoms. The minimum atomic E-state index is -0.217. The van der Waals surface area contributed by atoms with Crippen molar-refractivity contribution in [1.82, 2.24) is 10.4 Å². The lowest BCUT2D eigenvalue weighted by molar-refractivity contribution is -0.119. The maximum absolute atomic E-state index is 11.7. The van der Waals surface area contributed by atoms with E-state index in [1.807, 2.05) is 35.7 Å². The molecule has 0 aliphatic carbocycles. The van der Waals surface area contributed by atoms with Crippen molar-refractivity contribution in [2.75, 3.05) is 11.9 Å². The topological polar surface area (TPSA) is 66.4 Å². The van der Waals surface area contributed by atoms with Crippen molar-refractivity contribution in [3.05, 3.63) is 45.1 Å². The fourth-order valence-corrected chi connectivity index (χ4v) is 3.87. The Labute approximate surface area is 143 Å². The lowest BCUT2D eigenvalue weighted by atomic mass is 10.3. The van der Waals surface area contributed by atoms with Gasteiger partial charge in [0, 0.05) is 14.7 Å². The fraction of sp³-hybridized carbons (Fsp3) is 0.0714. The van der Waals surface area contributed by atoms with Crippen LogP contribution in [-0.4, -0.2) is 23.7 Å². The molecule has 0 fully saturated rings. The smallest absolute Gasteiger partial charge is 0.259 e. The first-order valence-electron chi connectivity index (χ1n) is 6.36. The number of hydrogen-bond donors (Lipinski definition) is 2. The number of nitrogens with one attached hydrogen (secondary N) is 2. The van der Waals surface area contributed by atoms with Gasteiger partial charge in [0.1, 0.15) is 0 Å². The third-order valence-corrected chi connectivity index (χ3v) is 5.29. The summed E-state index contributed by atoms with van der Waals surface area (Å²) in [6.07, 6.45) is 1.62. The van der Waals surface area contributed by atoms with Gasteiger partial charge >= 0.3 is 0 Å². The Kier molecular flexibility index (Phi) is 4.81. The number of hydrazone groups is 1. The summed E-state index contributed by atoms with van der Waals surface area (Å²) in [5, 5.41) is 9.60. The summed E-state index contributed by atoms with van der Waals surface area (Å²) in [6, 6.07) is 9.78. The number of carbonyl (C=O) groups is 1. The van der Waals surface area contributed by atoms with Crippen LogP contribution in [-0.2, 0) is 4.79 Å². The predicted molar refractivity (Wildman–Crippen MR) is 95.9 cm³/mol. The zero-order valence-corrected chi connectivity index (χ0v) is 14.5. The third-order valence-electron chi connectivity index (χ3n) is 2.66. The lowest BCUT2D eigenvalue weighted by Gasteiger charge is -2.00. The van der Waals surface area contributed by atoms with Crippen molar-refractivity contribution in [1.29, 1.82) is 0 Å². The number of benzene rings is 1. The predicted octanol–water partition coefficient (Wildman–Crippen LogP) is 3.68. The molecule has 0 radical (unpaired) electrons. The highest BCUT2D eigenvalue weighted by Crippen LogP contribution is 2.24. The van der Waals surface area contributed by atoms with E-state index >= 15 is 0 Å². The van der Waals surface area contributed by atoms with Crippen molar-refractivity contribution >= 4 is 66.1 Å². The number of thiophene rings is 1. The molecule has 3 aromatic rings. The molecule has 0 atom stereocenters.